The number of fused-ring (bicyclic) bond motifs is 1. The molecule has 2 amide bonds. The van der Waals surface area contributed by atoms with Gasteiger partial charge in [-0.2, -0.15) is 0 Å². The summed E-state index contributed by atoms with van der Waals surface area (Å²) in [6, 6.07) is 5.67. The fourth-order valence-electron chi connectivity index (χ4n) is 3.54. The standard InChI is InChI=1S/C20H23N5O3S/c1-12-10-21-16-4-3-13(9-15(12)16)19(27)25-7-5-14(11-25)18(26)22-20-24-23-17(29-20)6-8-28-2/h3-4,9-10,14,21H,5-8,11H2,1-2H3,(H,22,24,26). The average Bonchev–Trinajstić information content (AvgIpc) is 3.46. The largest absolute Gasteiger partial charge is 0.384 e. The van der Waals surface area contributed by atoms with E-state index in [9.17, 15) is 9.59 Å². The number of likely N-dealkylation sites (tertiary alicyclic amines) is 1. The molecule has 1 atom stereocenters. The number of nitrogens with zero attached hydrogens (tertiary/aromatic N) is 3. The first-order chi connectivity index (χ1) is 14.0. The molecule has 152 valence electrons. The second kappa shape index (κ2) is 8.30. The smallest absolute Gasteiger partial charge is 0.253 e. The lowest BCUT2D eigenvalue weighted by molar-refractivity contribution is -0.119. The highest BCUT2D eigenvalue weighted by Crippen LogP contribution is 2.24. The van der Waals surface area contributed by atoms with E-state index >= 15 is 0 Å². The molecule has 3 aromatic rings. The zero-order valence-electron chi connectivity index (χ0n) is 16.4. The Morgan fingerprint density at radius 2 is 2.24 bits per heavy atom. The molecule has 1 saturated heterocycles. The molecule has 1 aliphatic rings. The van der Waals surface area contributed by atoms with Gasteiger partial charge in [-0.25, -0.2) is 0 Å². The minimum atomic E-state index is -0.247. The predicted octanol–water partition coefficient (Wildman–Crippen LogP) is 2.62. The van der Waals surface area contributed by atoms with Crippen LogP contribution in [0.25, 0.3) is 10.9 Å². The maximum absolute atomic E-state index is 12.9. The number of aromatic amines is 1. The van der Waals surface area contributed by atoms with Gasteiger partial charge in [0.25, 0.3) is 5.91 Å². The minimum absolute atomic E-state index is 0.0411. The van der Waals surface area contributed by atoms with Crippen LogP contribution in [0, 0.1) is 12.8 Å². The Morgan fingerprint density at radius 1 is 1.38 bits per heavy atom. The number of hydrogen-bond donors (Lipinski definition) is 2. The van der Waals surface area contributed by atoms with E-state index in [1.54, 1.807) is 12.0 Å². The van der Waals surface area contributed by atoms with E-state index in [0.29, 0.717) is 43.2 Å². The van der Waals surface area contributed by atoms with Crippen LogP contribution in [0.15, 0.2) is 24.4 Å². The number of benzene rings is 1. The number of ether oxygens (including phenoxy) is 1. The minimum Gasteiger partial charge on any atom is -0.384 e. The summed E-state index contributed by atoms with van der Waals surface area (Å²) in [5, 5.41) is 13.2. The second-order valence-electron chi connectivity index (χ2n) is 7.20. The van der Waals surface area contributed by atoms with Crippen LogP contribution >= 0.6 is 11.3 Å². The summed E-state index contributed by atoms with van der Waals surface area (Å²) in [5.41, 5.74) is 2.77. The number of carbonyl (C=O) groups excluding carboxylic acids is 2. The lowest BCUT2D eigenvalue weighted by Crippen LogP contribution is -2.31. The van der Waals surface area contributed by atoms with Crippen molar-refractivity contribution >= 4 is 39.2 Å². The van der Waals surface area contributed by atoms with Gasteiger partial charge in [0, 0.05) is 49.3 Å². The number of amides is 2. The molecule has 8 nitrogen and oxygen atoms in total. The normalized spacial score (nSPS) is 16.5. The maximum Gasteiger partial charge on any atom is 0.253 e. The molecule has 2 N–H and O–H groups in total. The number of nitrogens with one attached hydrogen (secondary N) is 2. The molecule has 0 saturated carbocycles. The molecule has 9 heteroatoms. The maximum atomic E-state index is 12.9. The molecule has 4 rings (SSSR count). The van der Waals surface area contributed by atoms with Crippen LogP contribution in [-0.2, 0) is 16.0 Å². The number of methoxy groups -OCH3 is 1. The van der Waals surface area contributed by atoms with Crippen molar-refractivity contribution in [3.63, 3.8) is 0 Å². The van der Waals surface area contributed by atoms with Crippen molar-refractivity contribution in [2.75, 3.05) is 32.1 Å². The van der Waals surface area contributed by atoms with Crippen LogP contribution in [0.3, 0.4) is 0 Å². The third-order valence-electron chi connectivity index (χ3n) is 5.20. The first-order valence-corrected chi connectivity index (χ1v) is 10.4. The van der Waals surface area contributed by atoms with Gasteiger partial charge in [0.15, 0.2) is 0 Å². The van der Waals surface area contributed by atoms with Crippen molar-refractivity contribution in [1.82, 2.24) is 20.1 Å². The molecule has 1 aliphatic heterocycles. The van der Waals surface area contributed by atoms with Crippen LogP contribution in [0.2, 0.25) is 0 Å². The Labute approximate surface area is 172 Å². The van der Waals surface area contributed by atoms with E-state index in [-0.39, 0.29) is 17.7 Å². The molecule has 1 fully saturated rings. The molecule has 0 radical (unpaired) electrons. The number of rotatable bonds is 6. The van der Waals surface area contributed by atoms with E-state index < -0.39 is 0 Å². The van der Waals surface area contributed by atoms with E-state index in [0.717, 1.165) is 21.5 Å². The summed E-state index contributed by atoms with van der Waals surface area (Å²) in [6.07, 6.45) is 3.24. The zero-order chi connectivity index (χ0) is 20.4. The molecule has 0 spiro atoms. The van der Waals surface area contributed by atoms with Gasteiger partial charge in [0.2, 0.25) is 11.0 Å². The lowest BCUT2D eigenvalue weighted by atomic mass is 10.1. The third-order valence-corrected chi connectivity index (χ3v) is 6.10. The fraction of sp³-hybridized carbons (Fsp3) is 0.400. The molecule has 0 aliphatic carbocycles. The highest BCUT2D eigenvalue weighted by Gasteiger charge is 2.32. The van der Waals surface area contributed by atoms with E-state index in [1.807, 2.05) is 31.3 Å². The highest BCUT2D eigenvalue weighted by atomic mass is 32.1. The van der Waals surface area contributed by atoms with Crippen molar-refractivity contribution in [2.45, 2.75) is 19.8 Å². The number of anilines is 1. The van der Waals surface area contributed by atoms with Crippen molar-refractivity contribution in [3.8, 4) is 0 Å². The number of carbonyl (C=O) groups is 2. The number of H-pyrrole nitrogens is 1. The number of hydrogen-bond acceptors (Lipinski definition) is 6. The summed E-state index contributed by atoms with van der Waals surface area (Å²) in [6.45, 7) is 3.55. The third kappa shape index (κ3) is 4.15. The summed E-state index contributed by atoms with van der Waals surface area (Å²) < 4.78 is 5.03. The molecule has 2 aromatic heterocycles. The molecule has 0 bridgehead atoms. The second-order valence-corrected chi connectivity index (χ2v) is 8.26. The highest BCUT2D eigenvalue weighted by molar-refractivity contribution is 7.15. The van der Waals surface area contributed by atoms with Gasteiger partial charge in [-0.15, -0.1) is 10.2 Å². The van der Waals surface area contributed by atoms with Crippen molar-refractivity contribution in [2.24, 2.45) is 5.92 Å². The first-order valence-electron chi connectivity index (χ1n) is 9.54. The van der Waals surface area contributed by atoms with E-state index in [4.69, 9.17) is 4.74 Å². The van der Waals surface area contributed by atoms with Gasteiger partial charge in [-0.05, 0) is 37.1 Å². The molecular formula is C20H23N5O3S. The van der Waals surface area contributed by atoms with Gasteiger partial charge in [0.1, 0.15) is 5.01 Å². The van der Waals surface area contributed by atoms with Crippen LogP contribution in [0.4, 0.5) is 5.13 Å². The molecule has 1 unspecified atom stereocenters. The summed E-state index contributed by atoms with van der Waals surface area (Å²) in [5.74, 6) is -0.407. The number of aryl methyl sites for hydroxylation is 1. The SMILES string of the molecule is COCCc1nnc(NC(=O)C2CCN(C(=O)c3ccc4[nH]cc(C)c4c3)C2)s1. The molecular weight excluding hydrogens is 390 g/mol. The van der Waals surface area contributed by atoms with Crippen molar-refractivity contribution in [1.29, 1.82) is 0 Å². The van der Waals surface area contributed by atoms with Crippen LogP contribution < -0.4 is 5.32 Å². The average molecular weight is 414 g/mol. The van der Waals surface area contributed by atoms with Crippen LogP contribution in [0.1, 0.15) is 27.3 Å². The fourth-order valence-corrected chi connectivity index (χ4v) is 4.26. The first kappa shape index (κ1) is 19.5. The summed E-state index contributed by atoms with van der Waals surface area (Å²) >= 11 is 1.35. The predicted molar refractivity (Wildman–Crippen MR) is 111 cm³/mol. The Kier molecular flexibility index (Phi) is 5.59. The lowest BCUT2D eigenvalue weighted by Gasteiger charge is -2.16. The quantitative estimate of drug-likeness (QED) is 0.647. The molecule has 3 heterocycles. The van der Waals surface area contributed by atoms with Gasteiger partial charge in [-0.1, -0.05) is 11.3 Å². The Balaban J connectivity index is 1.37. The van der Waals surface area contributed by atoms with Gasteiger partial charge < -0.3 is 19.9 Å². The van der Waals surface area contributed by atoms with E-state index in [2.05, 4.69) is 20.5 Å². The monoisotopic (exact) mass is 413 g/mol. The van der Waals surface area contributed by atoms with E-state index in [1.165, 1.54) is 11.3 Å². The van der Waals surface area contributed by atoms with Gasteiger partial charge in [-0.3, -0.25) is 9.59 Å². The van der Waals surface area contributed by atoms with Crippen LogP contribution in [-0.4, -0.2) is 58.7 Å². The zero-order valence-corrected chi connectivity index (χ0v) is 17.2. The Bertz CT molecular complexity index is 1040. The van der Waals surface area contributed by atoms with Crippen molar-refractivity contribution < 1.29 is 14.3 Å². The molecule has 29 heavy (non-hydrogen) atoms. The summed E-state index contributed by atoms with van der Waals surface area (Å²) in [7, 11) is 1.63. The van der Waals surface area contributed by atoms with Gasteiger partial charge in [0.05, 0.1) is 12.5 Å². The van der Waals surface area contributed by atoms with Gasteiger partial charge >= 0.3 is 0 Å². The van der Waals surface area contributed by atoms with Crippen LogP contribution in [0.5, 0.6) is 0 Å². The molecule has 1 aromatic carbocycles. The topological polar surface area (TPSA) is 100 Å². The summed E-state index contributed by atoms with van der Waals surface area (Å²) in [4.78, 5) is 30.4. The Hall–Kier alpha value is -2.78. The van der Waals surface area contributed by atoms with Crippen molar-refractivity contribution in [3.05, 3.63) is 40.5 Å². The Morgan fingerprint density at radius 3 is 3.07 bits per heavy atom. The number of aromatic nitrogens is 3.